The quantitative estimate of drug-likeness (QED) is 0.521. The zero-order valence-corrected chi connectivity index (χ0v) is 10.6. The van der Waals surface area contributed by atoms with Gasteiger partial charge in [-0.15, -0.1) is 5.11 Å². The van der Waals surface area contributed by atoms with Crippen molar-refractivity contribution in [1.82, 2.24) is 0 Å². The lowest BCUT2D eigenvalue weighted by Crippen LogP contribution is -2.16. The second-order valence-corrected chi connectivity index (χ2v) is 3.65. The van der Waals surface area contributed by atoms with Crippen LogP contribution in [0.15, 0.2) is 46.0 Å². The summed E-state index contributed by atoms with van der Waals surface area (Å²) in [5.41, 5.74) is -0.937. The molecule has 0 fully saturated rings. The number of carbonyl (C=O) groups is 1. The fourth-order valence-corrected chi connectivity index (χ4v) is 1.18. The van der Waals surface area contributed by atoms with Crippen molar-refractivity contribution < 1.29 is 27.8 Å². The Hall–Kier alpha value is -2.38. The van der Waals surface area contributed by atoms with E-state index in [2.05, 4.69) is 10.2 Å². The summed E-state index contributed by atoms with van der Waals surface area (Å²) in [6.07, 6.45) is -5.06. The third-order valence-corrected chi connectivity index (χ3v) is 2.16. The number of carbonyl (C=O) groups excluding carboxylic acids is 1. The molecule has 5 nitrogen and oxygen atoms in total. The van der Waals surface area contributed by atoms with Crippen LogP contribution < -0.4 is 4.74 Å². The molecule has 0 saturated heterocycles. The molecule has 0 amide bonds. The molecular weight excluding hydrogens is 277 g/mol. The van der Waals surface area contributed by atoms with E-state index in [0.717, 1.165) is 6.92 Å². The van der Waals surface area contributed by atoms with E-state index in [1.165, 1.54) is 31.4 Å². The predicted octanol–water partition coefficient (Wildman–Crippen LogP) is 3.70. The van der Waals surface area contributed by atoms with Crippen LogP contribution >= 0.6 is 0 Å². The van der Waals surface area contributed by atoms with E-state index >= 15 is 0 Å². The Kier molecular flexibility index (Phi) is 4.84. The van der Waals surface area contributed by atoms with E-state index in [-0.39, 0.29) is 5.69 Å². The van der Waals surface area contributed by atoms with E-state index in [1.54, 1.807) is 0 Å². The summed E-state index contributed by atoms with van der Waals surface area (Å²) in [5, 5.41) is 15.6. The third-order valence-electron chi connectivity index (χ3n) is 2.16. The fourth-order valence-electron chi connectivity index (χ4n) is 1.18. The van der Waals surface area contributed by atoms with Crippen molar-refractivity contribution in [3.8, 4) is 5.75 Å². The van der Waals surface area contributed by atoms with E-state index in [9.17, 15) is 18.0 Å². The molecule has 0 aliphatic rings. The normalized spacial score (nSPS) is 13.2. The van der Waals surface area contributed by atoms with Crippen molar-refractivity contribution >= 4 is 11.5 Å². The van der Waals surface area contributed by atoms with E-state index in [4.69, 9.17) is 9.84 Å². The number of benzene rings is 1. The molecule has 0 saturated carbocycles. The van der Waals surface area contributed by atoms with Crippen LogP contribution in [-0.2, 0) is 4.79 Å². The van der Waals surface area contributed by atoms with Crippen molar-refractivity contribution in [3.63, 3.8) is 0 Å². The molecule has 1 aromatic carbocycles. The van der Waals surface area contributed by atoms with Gasteiger partial charge in [0.25, 0.3) is 0 Å². The van der Waals surface area contributed by atoms with Gasteiger partial charge in [0.15, 0.2) is 11.5 Å². The topological polar surface area (TPSA) is 71.2 Å². The predicted molar refractivity (Wildman–Crippen MR) is 63.9 cm³/mol. The van der Waals surface area contributed by atoms with Gasteiger partial charge in [-0.2, -0.15) is 18.3 Å². The summed E-state index contributed by atoms with van der Waals surface area (Å²) in [4.78, 5) is 11.1. The van der Waals surface area contributed by atoms with Crippen LogP contribution in [0.2, 0.25) is 0 Å². The highest BCUT2D eigenvalue weighted by atomic mass is 19.4. The van der Waals surface area contributed by atoms with Crippen molar-refractivity contribution in [2.75, 3.05) is 7.11 Å². The average molecular weight is 288 g/mol. The number of ether oxygens (including phenoxy) is 1. The summed E-state index contributed by atoms with van der Waals surface area (Å²) in [6.45, 7) is 0.852. The first-order chi connectivity index (χ1) is 9.25. The Labute approximate surface area is 112 Å². The minimum Gasteiger partial charge on any atom is -0.503 e. The summed E-state index contributed by atoms with van der Waals surface area (Å²) in [7, 11) is 1.45. The lowest BCUT2D eigenvalue weighted by atomic mass is 10.3. The Morgan fingerprint density at radius 1 is 1.25 bits per heavy atom. The summed E-state index contributed by atoms with van der Waals surface area (Å²) < 4.78 is 41.8. The number of aliphatic hydroxyl groups is 1. The highest BCUT2D eigenvalue weighted by Crippen LogP contribution is 2.28. The smallest absolute Gasteiger partial charge is 0.451 e. The molecule has 8 heteroatoms. The number of methoxy groups -OCH3 is 1. The van der Waals surface area contributed by atoms with Gasteiger partial charge in [-0.3, -0.25) is 4.79 Å². The monoisotopic (exact) mass is 288 g/mol. The molecule has 20 heavy (non-hydrogen) atoms. The number of halogens is 3. The highest BCUT2D eigenvalue weighted by Gasteiger charge is 2.38. The maximum absolute atomic E-state index is 12.3. The largest absolute Gasteiger partial charge is 0.503 e. The second-order valence-electron chi connectivity index (χ2n) is 3.65. The number of rotatable bonds is 4. The van der Waals surface area contributed by atoms with Gasteiger partial charge in [-0.25, -0.2) is 0 Å². The van der Waals surface area contributed by atoms with Gasteiger partial charge >= 0.3 is 6.18 Å². The number of hydrogen-bond donors (Lipinski definition) is 1. The molecule has 1 rings (SSSR count). The average Bonchev–Trinajstić information content (AvgIpc) is 2.38. The van der Waals surface area contributed by atoms with Crippen LogP contribution in [0.25, 0.3) is 0 Å². The number of allylic oxidation sites excluding steroid dienone is 2. The van der Waals surface area contributed by atoms with Gasteiger partial charge in [-0.05, 0) is 24.3 Å². The Bertz CT molecular complexity index is 548. The van der Waals surface area contributed by atoms with Crippen LogP contribution in [0, 0.1) is 0 Å². The molecule has 0 aromatic heterocycles. The van der Waals surface area contributed by atoms with Gasteiger partial charge < -0.3 is 9.84 Å². The Balaban J connectivity index is 3.07. The van der Waals surface area contributed by atoms with Crippen LogP contribution in [0.3, 0.4) is 0 Å². The number of aliphatic hydroxyl groups excluding tert-OH is 1. The van der Waals surface area contributed by atoms with Crippen LogP contribution in [0.1, 0.15) is 6.92 Å². The van der Waals surface area contributed by atoms with Gasteiger partial charge in [0.05, 0.1) is 12.8 Å². The van der Waals surface area contributed by atoms with Gasteiger partial charge in [0, 0.05) is 6.92 Å². The maximum atomic E-state index is 12.3. The molecule has 0 atom stereocenters. The lowest BCUT2D eigenvalue weighted by Gasteiger charge is -2.06. The van der Waals surface area contributed by atoms with Crippen molar-refractivity contribution in [3.05, 3.63) is 35.7 Å². The molecule has 0 bridgehead atoms. The fraction of sp³-hybridized carbons (Fsp3) is 0.250. The first-order valence-corrected chi connectivity index (χ1v) is 5.33. The van der Waals surface area contributed by atoms with Gasteiger partial charge in [0.2, 0.25) is 5.76 Å². The number of alkyl halides is 3. The van der Waals surface area contributed by atoms with Crippen molar-refractivity contribution in [1.29, 1.82) is 0 Å². The zero-order chi connectivity index (χ0) is 15.3. The molecule has 0 heterocycles. The molecule has 1 N–H and O–H groups in total. The number of Topliss-reactive ketones (excluding diaryl/α,β-unsaturated/α-hetero) is 1. The van der Waals surface area contributed by atoms with Crippen LogP contribution in [0.5, 0.6) is 5.75 Å². The lowest BCUT2D eigenvalue weighted by molar-refractivity contribution is -0.126. The minimum atomic E-state index is -5.06. The maximum Gasteiger partial charge on any atom is 0.451 e. The molecule has 0 radical (unpaired) electrons. The summed E-state index contributed by atoms with van der Waals surface area (Å²) >= 11 is 0. The summed E-state index contributed by atoms with van der Waals surface area (Å²) in [5.74, 6) is -2.58. The van der Waals surface area contributed by atoms with Crippen LogP contribution in [0.4, 0.5) is 18.9 Å². The number of hydrogen-bond acceptors (Lipinski definition) is 5. The molecule has 108 valence electrons. The minimum absolute atomic E-state index is 0.208. The second kappa shape index (κ2) is 6.18. The van der Waals surface area contributed by atoms with Gasteiger partial charge in [0.1, 0.15) is 5.75 Å². The first kappa shape index (κ1) is 15.7. The molecular formula is C12H11F3N2O3. The molecule has 1 aromatic rings. The van der Waals surface area contributed by atoms with E-state index < -0.39 is 23.4 Å². The number of azo groups is 1. The Morgan fingerprint density at radius 2 is 1.80 bits per heavy atom. The van der Waals surface area contributed by atoms with Crippen molar-refractivity contribution in [2.24, 2.45) is 10.2 Å². The van der Waals surface area contributed by atoms with E-state index in [0.29, 0.717) is 5.75 Å². The zero-order valence-electron chi connectivity index (χ0n) is 10.6. The van der Waals surface area contributed by atoms with E-state index in [1.807, 2.05) is 0 Å². The first-order valence-electron chi connectivity index (χ1n) is 5.33. The number of ketones is 1. The summed E-state index contributed by atoms with van der Waals surface area (Å²) in [6, 6.07) is 5.92. The molecule has 0 aliphatic carbocycles. The molecule has 0 spiro atoms. The Morgan fingerprint density at radius 3 is 2.20 bits per heavy atom. The van der Waals surface area contributed by atoms with Crippen molar-refractivity contribution in [2.45, 2.75) is 13.1 Å². The molecule has 0 unspecified atom stereocenters. The van der Waals surface area contributed by atoms with Gasteiger partial charge in [-0.1, -0.05) is 0 Å². The SMILES string of the molecule is COc1ccc(N=N/C(C(C)=O)=C(/O)C(F)(F)F)cc1. The number of nitrogens with zero attached hydrogens (tertiary/aromatic N) is 2. The highest BCUT2D eigenvalue weighted by molar-refractivity contribution is 5.93. The molecule has 0 aliphatic heterocycles. The third kappa shape index (κ3) is 4.08. The standard InChI is InChI=1S/C12H11F3N2O3/c1-7(18)10(11(19)12(13,14)15)17-16-8-3-5-9(20-2)6-4-8/h3-6,19H,1-2H3/b11-10+,17-16?. The van der Waals surface area contributed by atoms with Crippen LogP contribution in [-0.4, -0.2) is 24.2 Å².